The third-order valence-electron chi connectivity index (χ3n) is 5.75. The van der Waals surface area contributed by atoms with E-state index in [2.05, 4.69) is 19.2 Å². The Kier molecular flexibility index (Phi) is 5.34. The number of thioether (sulfide) groups is 1. The summed E-state index contributed by atoms with van der Waals surface area (Å²) < 4.78 is 1.73. The lowest BCUT2D eigenvalue weighted by Crippen LogP contribution is -2.35. The van der Waals surface area contributed by atoms with Crippen molar-refractivity contribution >= 4 is 39.2 Å². The lowest BCUT2D eigenvalue weighted by Gasteiger charge is -2.17. The summed E-state index contributed by atoms with van der Waals surface area (Å²) in [4.78, 5) is 32.4. The van der Waals surface area contributed by atoms with Gasteiger partial charge in [-0.3, -0.25) is 14.2 Å². The molecule has 0 aliphatic heterocycles. The van der Waals surface area contributed by atoms with Crippen LogP contribution in [0.3, 0.4) is 0 Å². The van der Waals surface area contributed by atoms with Crippen LogP contribution in [-0.4, -0.2) is 27.3 Å². The maximum atomic E-state index is 13.1. The van der Waals surface area contributed by atoms with Crippen LogP contribution in [0.4, 0.5) is 0 Å². The number of nitrogens with zero attached hydrogens (tertiary/aromatic N) is 2. The van der Waals surface area contributed by atoms with Gasteiger partial charge in [-0.15, -0.1) is 11.3 Å². The molecule has 0 spiro atoms. The quantitative estimate of drug-likeness (QED) is 0.589. The highest BCUT2D eigenvalue weighted by Crippen LogP contribution is 2.36. The highest BCUT2D eigenvalue weighted by molar-refractivity contribution is 7.99. The highest BCUT2D eigenvalue weighted by Gasteiger charge is 2.29. The van der Waals surface area contributed by atoms with Crippen molar-refractivity contribution in [1.29, 1.82) is 0 Å². The van der Waals surface area contributed by atoms with Crippen molar-refractivity contribution in [3.05, 3.63) is 20.8 Å². The summed E-state index contributed by atoms with van der Waals surface area (Å²) in [6.07, 6.45) is 5.59. The van der Waals surface area contributed by atoms with Crippen molar-refractivity contribution in [1.82, 2.24) is 14.9 Å². The van der Waals surface area contributed by atoms with Crippen LogP contribution in [-0.2, 0) is 24.2 Å². The van der Waals surface area contributed by atoms with Crippen molar-refractivity contribution in [2.24, 2.45) is 11.8 Å². The Morgan fingerprint density at radius 1 is 1.41 bits per heavy atom. The average Bonchev–Trinajstić information content (AvgIpc) is 3.41. The first kappa shape index (κ1) is 19.0. The molecule has 0 bridgehead atoms. The fourth-order valence-corrected chi connectivity index (χ4v) is 6.23. The van der Waals surface area contributed by atoms with Gasteiger partial charge in [-0.05, 0) is 63.4 Å². The summed E-state index contributed by atoms with van der Waals surface area (Å²) >= 11 is 3.05. The maximum Gasteiger partial charge on any atom is 0.263 e. The SMILES string of the molecule is CCn1c(SCC(=O)N[C@@H](C)C2CC2)nc2sc3c(c2c1=O)CC[C@H](C)C3. The highest BCUT2D eigenvalue weighted by atomic mass is 32.2. The van der Waals surface area contributed by atoms with E-state index >= 15 is 0 Å². The molecule has 2 aliphatic carbocycles. The number of thiophene rings is 1. The summed E-state index contributed by atoms with van der Waals surface area (Å²) in [6.45, 7) is 6.89. The Hall–Kier alpha value is -1.34. The molecule has 146 valence electrons. The van der Waals surface area contributed by atoms with Gasteiger partial charge in [0, 0.05) is 17.5 Å². The van der Waals surface area contributed by atoms with Crippen LogP contribution < -0.4 is 10.9 Å². The summed E-state index contributed by atoms with van der Waals surface area (Å²) in [6, 6.07) is 0.243. The number of fused-ring (bicyclic) bond motifs is 3. The smallest absolute Gasteiger partial charge is 0.263 e. The molecule has 27 heavy (non-hydrogen) atoms. The number of aryl methyl sites for hydroxylation is 1. The fourth-order valence-electron chi connectivity index (χ4n) is 3.93. The van der Waals surface area contributed by atoms with Gasteiger partial charge in [0.2, 0.25) is 5.91 Å². The van der Waals surface area contributed by atoms with Gasteiger partial charge in [-0.1, -0.05) is 18.7 Å². The van der Waals surface area contributed by atoms with E-state index in [1.165, 1.54) is 35.0 Å². The molecule has 2 heterocycles. The standard InChI is InChI=1S/C20H27N3O2S2/c1-4-23-19(25)17-14-8-5-11(2)9-15(14)27-18(17)22-20(23)26-10-16(24)21-12(3)13-6-7-13/h11-13H,4-10H2,1-3H3,(H,21,24)/t11-,12-/m0/s1. The van der Waals surface area contributed by atoms with Gasteiger partial charge in [0.25, 0.3) is 5.56 Å². The van der Waals surface area contributed by atoms with Gasteiger partial charge in [0.15, 0.2) is 5.16 Å². The van der Waals surface area contributed by atoms with Crippen LogP contribution in [0.1, 0.15) is 50.5 Å². The van der Waals surface area contributed by atoms with Crippen LogP contribution in [0.2, 0.25) is 0 Å². The molecule has 0 unspecified atom stereocenters. The van der Waals surface area contributed by atoms with Crippen molar-refractivity contribution < 1.29 is 4.79 Å². The van der Waals surface area contributed by atoms with E-state index in [0.29, 0.717) is 29.3 Å². The van der Waals surface area contributed by atoms with Crippen LogP contribution in [0.15, 0.2) is 9.95 Å². The zero-order valence-electron chi connectivity index (χ0n) is 16.2. The molecule has 2 aromatic heterocycles. The normalized spacial score (nSPS) is 20.5. The van der Waals surface area contributed by atoms with Gasteiger partial charge in [-0.25, -0.2) is 4.98 Å². The molecular weight excluding hydrogens is 378 g/mol. The molecule has 1 amide bonds. The molecule has 0 radical (unpaired) electrons. The average molecular weight is 406 g/mol. The van der Waals surface area contributed by atoms with E-state index in [4.69, 9.17) is 4.98 Å². The fraction of sp³-hybridized carbons (Fsp3) is 0.650. The molecule has 1 saturated carbocycles. The minimum atomic E-state index is 0.0238. The number of nitrogens with one attached hydrogen (secondary N) is 1. The van der Waals surface area contributed by atoms with Gasteiger partial charge < -0.3 is 5.32 Å². The lowest BCUT2D eigenvalue weighted by molar-refractivity contribution is -0.119. The van der Waals surface area contributed by atoms with E-state index in [0.717, 1.165) is 29.5 Å². The first-order valence-electron chi connectivity index (χ1n) is 9.95. The molecule has 1 N–H and O–H groups in total. The number of carbonyl (C=O) groups excluding carboxylic acids is 1. The number of carbonyl (C=O) groups is 1. The number of hydrogen-bond acceptors (Lipinski definition) is 5. The van der Waals surface area contributed by atoms with Crippen molar-refractivity contribution in [3.63, 3.8) is 0 Å². The van der Waals surface area contributed by atoms with Crippen LogP contribution in [0.5, 0.6) is 0 Å². The minimum absolute atomic E-state index is 0.0238. The summed E-state index contributed by atoms with van der Waals surface area (Å²) in [5.74, 6) is 1.64. The largest absolute Gasteiger partial charge is 0.353 e. The predicted molar refractivity (Wildman–Crippen MR) is 112 cm³/mol. The van der Waals surface area contributed by atoms with Gasteiger partial charge in [0.1, 0.15) is 4.83 Å². The molecule has 2 atom stereocenters. The predicted octanol–water partition coefficient (Wildman–Crippen LogP) is 3.61. The van der Waals surface area contributed by atoms with E-state index in [1.54, 1.807) is 15.9 Å². The summed E-state index contributed by atoms with van der Waals surface area (Å²) in [7, 11) is 0. The zero-order valence-corrected chi connectivity index (χ0v) is 17.8. The number of aromatic nitrogens is 2. The van der Waals surface area contributed by atoms with E-state index in [-0.39, 0.29) is 17.5 Å². The second-order valence-corrected chi connectivity index (χ2v) is 9.98. The third-order valence-corrected chi connectivity index (χ3v) is 7.87. The molecule has 0 saturated heterocycles. The van der Waals surface area contributed by atoms with Crippen LogP contribution in [0.25, 0.3) is 10.2 Å². The Labute approximate surface area is 167 Å². The molecule has 2 aliphatic rings. The second kappa shape index (κ2) is 7.59. The Balaban J connectivity index is 1.58. The lowest BCUT2D eigenvalue weighted by atomic mass is 9.89. The Morgan fingerprint density at radius 3 is 2.89 bits per heavy atom. The Bertz CT molecular complexity index is 929. The molecule has 7 heteroatoms. The van der Waals surface area contributed by atoms with Gasteiger partial charge >= 0.3 is 0 Å². The first-order valence-corrected chi connectivity index (χ1v) is 11.7. The number of rotatable bonds is 6. The van der Waals surface area contributed by atoms with E-state index in [9.17, 15) is 9.59 Å². The second-order valence-electron chi connectivity index (χ2n) is 7.96. The van der Waals surface area contributed by atoms with Crippen LogP contribution >= 0.6 is 23.1 Å². The molecule has 5 nitrogen and oxygen atoms in total. The summed E-state index contributed by atoms with van der Waals surface area (Å²) in [5, 5.41) is 4.56. The maximum absolute atomic E-state index is 13.1. The number of amides is 1. The topological polar surface area (TPSA) is 64.0 Å². The molecular formula is C20H27N3O2S2. The zero-order chi connectivity index (χ0) is 19.1. The van der Waals surface area contributed by atoms with Crippen LogP contribution in [0, 0.1) is 11.8 Å². The minimum Gasteiger partial charge on any atom is -0.353 e. The van der Waals surface area contributed by atoms with E-state index in [1.807, 2.05) is 6.92 Å². The Morgan fingerprint density at radius 2 is 2.19 bits per heavy atom. The molecule has 2 aromatic rings. The molecule has 0 aromatic carbocycles. The first-order chi connectivity index (χ1) is 13.0. The number of hydrogen-bond donors (Lipinski definition) is 1. The third kappa shape index (κ3) is 3.81. The van der Waals surface area contributed by atoms with Crippen molar-refractivity contribution in [2.45, 2.75) is 70.6 Å². The van der Waals surface area contributed by atoms with Crippen molar-refractivity contribution in [3.8, 4) is 0 Å². The van der Waals surface area contributed by atoms with Gasteiger partial charge in [-0.2, -0.15) is 0 Å². The molecule has 4 rings (SSSR count). The summed E-state index contributed by atoms with van der Waals surface area (Å²) in [5.41, 5.74) is 1.28. The van der Waals surface area contributed by atoms with Crippen molar-refractivity contribution in [2.75, 3.05) is 5.75 Å². The molecule has 1 fully saturated rings. The van der Waals surface area contributed by atoms with Gasteiger partial charge in [0.05, 0.1) is 11.1 Å². The monoisotopic (exact) mass is 405 g/mol. The van der Waals surface area contributed by atoms with E-state index < -0.39 is 0 Å².